The quantitative estimate of drug-likeness (QED) is 0.821. The predicted octanol–water partition coefficient (Wildman–Crippen LogP) is 1.24. The van der Waals surface area contributed by atoms with Crippen LogP contribution in [0.15, 0.2) is 21.4 Å². The van der Waals surface area contributed by atoms with Crippen molar-refractivity contribution in [1.82, 2.24) is 14.6 Å². The summed E-state index contributed by atoms with van der Waals surface area (Å²) >= 11 is 0. The van der Waals surface area contributed by atoms with Crippen LogP contribution in [-0.2, 0) is 22.3 Å². The number of nitrogens with zero attached hydrogens (tertiary/aromatic N) is 3. The van der Waals surface area contributed by atoms with Crippen LogP contribution in [0.3, 0.4) is 0 Å². The normalized spacial score (nSPS) is 12.2. The highest BCUT2D eigenvalue weighted by atomic mass is 32.2. The van der Waals surface area contributed by atoms with Crippen molar-refractivity contribution in [2.24, 2.45) is 0 Å². The van der Waals surface area contributed by atoms with E-state index >= 15 is 0 Å². The minimum Gasteiger partial charge on any atom is -0.364 e. The maximum atomic E-state index is 12.1. The summed E-state index contributed by atoms with van der Waals surface area (Å²) < 4.78 is 35.2. The Bertz CT molecular complexity index is 659. The molecule has 0 aromatic carbocycles. The highest BCUT2D eigenvalue weighted by Crippen LogP contribution is 2.14. The monoisotopic (exact) mass is 285 g/mol. The second-order valence-electron chi connectivity index (χ2n) is 4.39. The molecule has 0 aliphatic carbocycles. The molecule has 0 atom stereocenters. The van der Waals surface area contributed by atoms with Gasteiger partial charge >= 0.3 is 0 Å². The smallest absolute Gasteiger partial charge is 0.220 e. The molecule has 2 heterocycles. The molecule has 2 aromatic heterocycles. The standard InChI is InChI=1S/C11H15N3O4S/c1-8-6-17-13-11(8)7-19(15,16)14(3)5-10-4-9(2)18-12-10/h4,6H,5,7H2,1-3H3. The van der Waals surface area contributed by atoms with E-state index in [1.54, 1.807) is 19.9 Å². The fourth-order valence-electron chi connectivity index (χ4n) is 1.55. The van der Waals surface area contributed by atoms with Crippen LogP contribution in [0.5, 0.6) is 0 Å². The molecule has 0 bridgehead atoms. The highest BCUT2D eigenvalue weighted by Gasteiger charge is 2.22. The van der Waals surface area contributed by atoms with Gasteiger partial charge in [-0.1, -0.05) is 10.3 Å². The molecular weight excluding hydrogens is 270 g/mol. The van der Waals surface area contributed by atoms with Gasteiger partial charge in [-0.15, -0.1) is 0 Å². The molecule has 8 heteroatoms. The van der Waals surface area contributed by atoms with Crippen LogP contribution in [0, 0.1) is 13.8 Å². The van der Waals surface area contributed by atoms with Gasteiger partial charge in [0, 0.05) is 18.7 Å². The Hall–Kier alpha value is -1.67. The summed E-state index contributed by atoms with van der Waals surface area (Å²) in [5.74, 6) is 0.455. The van der Waals surface area contributed by atoms with E-state index in [2.05, 4.69) is 10.3 Å². The Labute approximate surface area is 111 Å². The summed E-state index contributed by atoms with van der Waals surface area (Å²) in [4.78, 5) is 0. The van der Waals surface area contributed by atoms with E-state index in [9.17, 15) is 8.42 Å². The van der Waals surface area contributed by atoms with Crippen LogP contribution in [0.4, 0.5) is 0 Å². The lowest BCUT2D eigenvalue weighted by Crippen LogP contribution is -2.28. The summed E-state index contributed by atoms with van der Waals surface area (Å²) in [5, 5.41) is 7.45. The number of aromatic nitrogens is 2. The van der Waals surface area contributed by atoms with Gasteiger partial charge in [0.05, 0.1) is 12.2 Å². The third-order valence-corrected chi connectivity index (χ3v) is 4.42. The van der Waals surface area contributed by atoms with E-state index in [-0.39, 0.29) is 12.3 Å². The van der Waals surface area contributed by atoms with Gasteiger partial charge in [0.1, 0.15) is 23.5 Å². The highest BCUT2D eigenvalue weighted by molar-refractivity contribution is 7.88. The largest absolute Gasteiger partial charge is 0.364 e. The summed E-state index contributed by atoms with van der Waals surface area (Å²) in [6.45, 7) is 3.67. The average Bonchev–Trinajstić information content (AvgIpc) is 2.89. The van der Waals surface area contributed by atoms with Crippen molar-refractivity contribution in [3.63, 3.8) is 0 Å². The van der Waals surface area contributed by atoms with Crippen LogP contribution < -0.4 is 0 Å². The summed E-state index contributed by atoms with van der Waals surface area (Å²) in [6, 6.07) is 1.70. The first kappa shape index (κ1) is 13.8. The molecule has 0 spiro atoms. The molecule has 0 unspecified atom stereocenters. The lowest BCUT2D eigenvalue weighted by Gasteiger charge is -2.14. The lowest BCUT2D eigenvalue weighted by molar-refractivity contribution is 0.377. The zero-order valence-corrected chi connectivity index (χ0v) is 11.8. The van der Waals surface area contributed by atoms with Crippen molar-refractivity contribution >= 4 is 10.0 Å². The number of hydrogen-bond donors (Lipinski definition) is 0. The van der Waals surface area contributed by atoms with E-state index in [4.69, 9.17) is 9.05 Å². The summed E-state index contributed by atoms with van der Waals surface area (Å²) in [5.41, 5.74) is 1.71. The number of sulfonamides is 1. The fraction of sp³-hybridized carbons (Fsp3) is 0.455. The maximum Gasteiger partial charge on any atom is 0.220 e. The number of rotatable bonds is 5. The molecule has 2 aromatic rings. The van der Waals surface area contributed by atoms with Gasteiger partial charge in [0.25, 0.3) is 0 Å². The van der Waals surface area contributed by atoms with Gasteiger partial charge in [-0.25, -0.2) is 8.42 Å². The summed E-state index contributed by atoms with van der Waals surface area (Å²) in [6.07, 6.45) is 1.42. The first-order chi connectivity index (χ1) is 8.88. The first-order valence-corrected chi connectivity index (χ1v) is 7.25. The van der Waals surface area contributed by atoms with Gasteiger partial charge in [-0.05, 0) is 13.8 Å². The molecule has 0 aliphatic heterocycles. The molecule has 0 radical (unpaired) electrons. The van der Waals surface area contributed by atoms with Gasteiger partial charge < -0.3 is 9.05 Å². The average molecular weight is 285 g/mol. The van der Waals surface area contributed by atoms with E-state index < -0.39 is 10.0 Å². The van der Waals surface area contributed by atoms with E-state index in [0.717, 1.165) is 0 Å². The molecule has 104 valence electrons. The number of aryl methyl sites for hydroxylation is 2. The Balaban J connectivity index is 2.09. The zero-order chi connectivity index (χ0) is 14.0. The Morgan fingerprint density at radius 2 is 2.05 bits per heavy atom. The lowest BCUT2D eigenvalue weighted by atomic mass is 10.3. The van der Waals surface area contributed by atoms with Gasteiger partial charge in [0.2, 0.25) is 10.0 Å². The molecular formula is C11H15N3O4S. The van der Waals surface area contributed by atoms with Crippen molar-refractivity contribution in [3.05, 3.63) is 35.0 Å². The molecule has 19 heavy (non-hydrogen) atoms. The van der Waals surface area contributed by atoms with Crippen LogP contribution in [0.25, 0.3) is 0 Å². The molecule has 0 amide bonds. The predicted molar refractivity (Wildman–Crippen MR) is 66.6 cm³/mol. The molecule has 0 fully saturated rings. The van der Waals surface area contributed by atoms with Crippen molar-refractivity contribution in [1.29, 1.82) is 0 Å². The van der Waals surface area contributed by atoms with Crippen LogP contribution >= 0.6 is 0 Å². The van der Waals surface area contributed by atoms with Gasteiger partial charge in [0.15, 0.2) is 0 Å². The maximum absolute atomic E-state index is 12.1. The minimum atomic E-state index is -3.47. The Morgan fingerprint density at radius 1 is 1.32 bits per heavy atom. The fourth-order valence-corrected chi connectivity index (χ4v) is 2.73. The molecule has 0 saturated carbocycles. The number of hydrogen-bond acceptors (Lipinski definition) is 6. The minimum absolute atomic E-state index is 0.163. The van der Waals surface area contributed by atoms with Crippen LogP contribution in [-0.4, -0.2) is 30.1 Å². The molecule has 2 rings (SSSR count). The second kappa shape index (κ2) is 5.14. The second-order valence-corrected chi connectivity index (χ2v) is 6.46. The first-order valence-electron chi connectivity index (χ1n) is 5.64. The van der Waals surface area contributed by atoms with Crippen molar-refractivity contribution in [2.75, 3.05) is 7.05 Å². The third-order valence-electron chi connectivity index (χ3n) is 2.70. The molecule has 7 nitrogen and oxygen atoms in total. The van der Waals surface area contributed by atoms with E-state index in [1.807, 2.05) is 0 Å². The van der Waals surface area contributed by atoms with E-state index in [1.165, 1.54) is 17.6 Å². The van der Waals surface area contributed by atoms with Gasteiger partial charge in [-0.3, -0.25) is 0 Å². The summed E-state index contributed by atoms with van der Waals surface area (Å²) in [7, 11) is -1.97. The van der Waals surface area contributed by atoms with E-state index in [0.29, 0.717) is 22.7 Å². The molecule has 0 saturated heterocycles. The topological polar surface area (TPSA) is 89.4 Å². The van der Waals surface area contributed by atoms with Gasteiger partial charge in [-0.2, -0.15) is 4.31 Å². The van der Waals surface area contributed by atoms with Crippen LogP contribution in [0.2, 0.25) is 0 Å². The molecule has 0 aliphatic rings. The van der Waals surface area contributed by atoms with Crippen molar-refractivity contribution in [2.45, 2.75) is 26.1 Å². The van der Waals surface area contributed by atoms with Crippen molar-refractivity contribution < 1.29 is 17.5 Å². The Morgan fingerprint density at radius 3 is 2.58 bits per heavy atom. The SMILES string of the molecule is Cc1cc(CN(C)S(=O)(=O)Cc2nocc2C)no1. The third kappa shape index (κ3) is 3.21. The van der Waals surface area contributed by atoms with Crippen molar-refractivity contribution in [3.8, 4) is 0 Å². The van der Waals surface area contributed by atoms with Crippen LogP contribution in [0.1, 0.15) is 22.7 Å². The molecule has 0 N–H and O–H groups in total. The zero-order valence-electron chi connectivity index (χ0n) is 11.0. The Kier molecular flexibility index (Phi) is 3.72.